The smallest absolute Gasteiger partial charge is 0.0768 e. The first-order valence-electron chi connectivity index (χ1n) is 3.35. The van der Waals surface area contributed by atoms with Gasteiger partial charge in [-0.1, -0.05) is 17.7 Å². The second-order valence-electron chi connectivity index (χ2n) is 2.44. The highest BCUT2D eigenvalue weighted by Crippen LogP contribution is 2.40. The van der Waals surface area contributed by atoms with Crippen LogP contribution in [0.1, 0.15) is 0 Å². The standard InChI is InChI=1S/C8H6ClNS2/c9-7-6-4(10)2-1-3-5(6)12-8(7)11/h1-3,11H,10H2. The predicted octanol–water partition coefficient (Wildman–Crippen LogP) is 3.43. The average molecular weight is 216 g/mol. The first-order valence-corrected chi connectivity index (χ1v) is 5.00. The van der Waals surface area contributed by atoms with Crippen LogP contribution in [-0.4, -0.2) is 0 Å². The van der Waals surface area contributed by atoms with Gasteiger partial charge in [0, 0.05) is 15.8 Å². The van der Waals surface area contributed by atoms with E-state index in [1.165, 1.54) is 0 Å². The van der Waals surface area contributed by atoms with Crippen LogP contribution in [0.2, 0.25) is 5.02 Å². The number of rotatable bonds is 0. The van der Waals surface area contributed by atoms with Gasteiger partial charge in [0.25, 0.3) is 0 Å². The van der Waals surface area contributed by atoms with Crippen molar-refractivity contribution in [3.63, 3.8) is 0 Å². The van der Waals surface area contributed by atoms with Crippen molar-refractivity contribution in [2.75, 3.05) is 5.73 Å². The van der Waals surface area contributed by atoms with E-state index in [9.17, 15) is 0 Å². The third-order valence-corrected chi connectivity index (χ3v) is 3.75. The first kappa shape index (κ1) is 8.23. The molecule has 0 atom stereocenters. The van der Waals surface area contributed by atoms with E-state index in [1.807, 2.05) is 18.2 Å². The second kappa shape index (κ2) is 2.83. The van der Waals surface area contributed by atoms with Gasteiger partial charge in [0.05, 0.1) is 9.23 Å². The quantitative estimate of drug-likeness (QED) is 0.511. The van der Waals surface area contributed by atoms with Gasteiger partial charge < -0.3 is 5.73 Å². The molecule has 0 bridgehead atoms. The molecule has 2 N–H and O–H groups in total. The largest absolute Gasteiger partial charge is 0.398 e. The van der Waals surface area contributed by atoms with Crippen LogP contribution in [0.5, 0.6) is 0 Å². The number of hydrogen-bond donors (Lipinski definition) is 2. The zero-order chi connectivity index (χ0) is 8.72. The first-order chi connectivity index (χ1) is 5.70. The summed E-state index contributed by atoms with van der Waals surface area (Å²) in [6.07, 6.45) is 0. The van der Waals surface area contributed by atoms with Crippen molar-refractivity contribution in [3.05, 3.63) is 23.2 Å². The summed E-state index contributed by atoms with van der Waals surface area (Å²) in [6.45, 7) is 0. The highest BCUT2D eigenvalue weighted by atomic mass is 35.5. The Labute approximate surface area is 84.6 Å². The molecule has 62 valence electrons. The maximum Gasteiger partial charge on any atom is 0.0768 e. The second-order valence-corrected chi connectivity index (χ2v) is 4.62. The molecule has 0 saturated carbocycles. The van der Waals surface area contributed by atoms with Crippen molar-refractivity contribution < 1.29 is 0 Å². The number of halogens is 1. The lowest BCUT2D eigenvalue weighted by atomic mass is 10.2. The molecule has 1 heterocycles. The molecule has 2 rings (SSSR count). The molecule has 0 saturated heterocycles. The number of fused-ring (bicyclic) bond motifs is 1. The molecule has 0 aliphatic carbocycles. The van der Waals surface area contributed by atoms with E-state index in [-0.39, 0.29) is 0 Å². The fraction of sp³-hybridized carbons (Fsp3) is 0. The SMILES string of the molecule is Nc1cccc2sc(S)c(Cl)c12. The molecule has 12 heavy (non-hydrogen) atoms. The fourth-order valence-corrected chi connectivity index (χ4v) is 2.78. The van der Waals surface area contributed by atoms with Crippen molar-refractivity contribution in [2.45, 2.75) is 4.21 Å². The molecule has 1 nitrogen and oxygen atoms in total. The van der Waals surface area contributed by atoms with E-state index in [4.69, 9.17) is 17.3 Å². The minimum Gasteiger partial charge on any atom is -0.398 e. The van der Waals surface area contributed by atoms with Crippen molar-refractivity contribution in [3.8, 4) is 0 Å². The van der Waals surface area contributed by atoms with Crippen molar-refractivity contribution >= 4 is 51.3 Å². The molecule has 1 aromatic carbocycles. The predicted molar refractivity (Wildman–Crippen MR) is 58.5 cm³/mol. The molecular weight excluding hydrogens is 210 g/mol. The normalized spacial score (nSPS) is 10.8. The number of thiophene rings is 1. The number of anilines is 1. The van der Waals surface area contributed by atoms with E-state index in [2.05, 4.69) is 12.6 Å². The van der Waals surface area contributed by atoms with Crippen LogP contribution < -0.4 is 5.73 Å². The van der Waals surface area contributed by atoms with Gasteiger partial charge in [-0.15, -0.1) is 24.0 Å². The summed E-state index contributed by atoms with van der Waals surface area (Å²) in [5.74, 6) is 0. The summed E-state index contributed by atoms with van der Waals surface area (Å²) >= 11 is 11.8. The molecule has 1 aromatic heterocycles. The third-order valence-electron chi connectivity index (χ3n) is 1.67. The molecule has 0 unspecified atom stereocenters. The average Bonchev–Trinajstić information content (AvgIpc) is 2.29. The third kappa shape index (κ3) is 1.09. The van der Waals surface area contributed by atoms with Crippen LogP contribution in [0.3, 0.4) is 0 Å². The van der Waals surface area contributed by atoms with Gasteiger partial charge in [-0.2, -0.15) is 0 Å². The molecule has 0 spiro atoms. The van der Waals surface area contributed by atoms with Crippen molar-refractivity contribution in [1.29, 1.82) is 0 Å². The Balaban J connectivity index is 2.97. The zero-order valence-electron chi connectivity index (χ0n) is 6.04. The number of benzene rings is 1. The summed E-state index contributed by atoms with van der Waals surface area (Å²) in [7, 11) is 0. The number of hydrogen-bond acceptors (Lipinski definition) is 3. The van der Waals surface area contributed by atoms with Crippen LogP contribution in [0.25, 0.3) is 10.1 Å². The summed E-state index contributed by atoms with van der Waals surface area (Å²) < 4.78 is 1.91. The van der Waals surface area contributed by atoms with Gasteiger partial charge in [-0.25, -0.2) is 0 Å². The minimum absolute atomic E-state index is 0.663. The number of nitrogen functional groups attached to an aromatic ring is 1. The van der Waals surface area contributed by atoms with Gasteiger partial charge in [0.1, 0.15) is 0 Å². The zero-order valence-corrected chi connectivity index (χ0v) is 8.51. The van der Waals surface area contributed by atoms with E-state index in [0.29, 0.717) is 10.7 Å². The van der Waals surface area contributed by atoms with Crippen LogP contribution in [0.15, 0.2) is 22.4 Å². The van der Waals surface area contributed by atoms with Gasteiger partial charge in [-0.3, -0.25) is 0 Å². The van der Waals surface area contributed by atoms with Gasteiger partial charge in [-0.05, 0) is 12.1 Å². The molecule has 0 aliphatic heterocycles. The van der Waals surface area contributed by atoms with Crippen molar-refractivity contribution in [2.24, 2.45) is 0 Å². The maximum absolute atomic E-state index is 6.00. The van der Waals surface area contributed by atoms with Crippen LogP contribution in [0, 0.1) is 0 Å². The number of thiol groups is 1. The van der Waals surface area contributed by atoms with E-state index in [0.717, 1.165) is 14.3 Å². The Morgan fingerprint density at radius 1 is 1.42 bits per heavy atom. The van der Waals surface area contributed by atoms with Crippen LogP contribution >= 0.6 is 35.6 Å². The van der Waals surface area contributed by atoms with E-state index < -0.39 is 0 Å². The van der Waals surface area contributed by atoms with Crippen molar-refractivity contribution in [1.82, 2.24) is 0 Å². The van der Waals surface area contributed by atoms with Crippen LogP contribution in [0.4, 0.5) is 5.69 Å². The summed E-state index contributed by atoms with van der Waals surface area (Å²) in [6, 6.07) is 5.74. The molecular formula is C8H6ClNS2. The summed E-state index contributed by atoms with van der Waals surface area (Å²) in [5, 5.41) is 1.59. The molecule has 0 radical (unpaired) electrons. The number of nitrogens with two attached hydrogens (primary N) is 1. The fourth-order valence-electron chi connectivity index (χ4n) is 1.12. The Bertz CT molecular complexity index is 436. The minimum atomic E-state index is 0.663. The Hall–Kier alpha value is -0.380. The molecule has 4 heteroatoms. The molecule has 2 aromatic rings. The van der Waals surface area contributed by atoms with Gasteiger partial charge in [0.2, 0.25) is 0 Å². The monoisotopic (exact) mass is 215 g/mol. The highest BCUT2D eigenvalue weighted by molar-refractivity contribution is 7.83. The van der Waals surface area contributed by atoms with E-state index >= 15 is 0 Å². The van der Waals surface area contributed by atoms with Gasteiger partial charge in [0.15, 0.2) is 0 Å². The molecule has 0 aliphatic rings. The lowest BCUT2D eigenvalue weighted by Crippen LogP contribution is -1.83. The Morgan fingerprint density at radius 2 is 2.17 bits per heavy atom. The molecule has 0 fully saturated rings. The highest BCUT2D eigenvalue weighted by Gasteiger charge is 2.08. The van der Waals surface area contributed by atoms with Crippen LogP contribution in [-0.2, 0) is 0 Å². The summed E-state index contributed by atoms with van der Waals surface area (Å²) in [5.41, 5.74) is 6.48. The maximum atomic E-state index is 6.00. The Morgan fingerprint density at radius 3 is 2.83 bits per heavy atom. The lowest BCUT2D eigenvalue weighted by Gasteiger charge is -1.94. The van der Waals surface area contributed by atoms with E-state index in [1.54, 1.807) is 11.3 Å². The topological polar surface area (TPSA) is 26.0 Å². The Kier molecular flexibility index (Phi) is 1.94. The molecule has 0 amide bonds. The lowest BCUT2D eigenvalue weighted by molar-refractivity contribution is 1.75. The van der Waals surface area contributed by atoms with Gasteiger partial charge >= 0.3 is 0 Å². The summed E-state index contributed by atoms with van der Waals surface area (Å²) in [4.78, 5) is 0.